The van der Waals surface area contributed by atoms with Gasteiger partial charge in [-0.25, -0.2) is 4.39 Å². The lowest BCUT2D eigenvalue weighted by atomic mass is 9.88. The topological polar surface area (TPSA) is 47.7 Å². The molecule has 5 heteroatoms. The largest absolute Gasteiger partial charge is 0.493 e. The molecule has 2 atom stereocenters. The Morgan fingerprint density at radius 3 is 2.38 bits per heavy atom. The third-order valence-corrected chi connectivity index (χ3v) is 4.55. The lowest BCUT2D eigenvalue weighted by Gasteiger charge is -2.38. The number of methoxy groups -OCH3 is 2. The second-order valence-electron chi connectivity index (χ2n) is 6.19. The summed E-state index contributed by atoms with van der Waals surface area (Å²) in [4.78, 5) is 2.22. The van der Waals surface area contributed by atoms with E-state index in [-0.39, 0.29) is 11.9 Å². The summed E-state index contributed by atoms with van der Waals surface area (Å²) >= 11 is 0. The van der Waals surface area contributed by atoms with Crippen LogP contribution in [-0.4, -0.2) is 33.4 Å². The van der Waals surface area contributed by atoms with Crippen molar-refractivity contribution in [2.45, 2.75) is 18.4 Å². The van der Waals surface area contributed by atoms with E-state index in [9.17, 15) is 4.39 Å². The summed E-state index contributed by atoms with van der Waals surface area (Å²) in [6, 6.07) is 12.7. The van der Waals surface area contributed by atoms with Crippen molar-refractivity contribution in [3.05, 3.63) is 53.8 Å². The summed E-state index contributed by atoms with van der Waals surface area (Å²) in [5.74, 6) is 1.51. The average Bonchev–Trinajstić information content (AvgIpc) is 2.61. The molecule has 1 heterocycles. The Morgan fingerprint density at radius 2 is 1.71 bits per heavy atom. The molecule has 2 unspecified atom stereocenters. The lowest BCUT2D eigenvalue weighted by molar-refractivity contribution is 0.353. The number of rotatable bonds is 4. The van der Waals surface area contributed by atoms with Crippen LogP contribution in [0.2, 0.25) is 0 Å². The molecule has 0 aliphatic carbocycles. The number of nitrogens with zero attached hydrogens (tertiary/aromatic N) is 1. The number of piperidine rings is 1. The summed E-state index contributed by atoms with van der Waals surface area (Å²) in [5, 5.41) is 0. The maximum Gasteiger partial charge on any atom is 0.160 e. The highest BCUT2D eigenvalue weighted by Crippen LogP contribution is 2.35. The van der Waals surface area contributed by atoms with Gasteiger partial charge < -0.3 is 20.1 Å². The van der Waals surface area contributed by atoms with Gasteiger partial charge in [0.05, 0.1) is 14.2 Å². The zero-order chi connectivity index (χ0) is 17.1. The molecule has 1 aliphatic rings. The summed E-state index contributed by atoms with van der Waals surface area (Å²) in [6.07, 6.45) is 0.910. The number of hydrogen-bond acceptors (Lipinski definition) is 4. The van der Waals surface area contributed by atoms with Crippen molar-refractivity contribution in [3.63, 3.8) is 0 Å². The van der Waals surface area contributed by atoms with Gasteiger partial charge in [0.15, 0.2) is 11.5 Å². The maximum absolute atomic E-state index is 13.2. The van der Waals surface area contributed by atoms with Gasteiger partial charge in [0, 0.05) is 30.7 Å². The molecule has 0 spiro atoms. The molecule has 1 saturated heterocycles. The van der Waals surface area contributed by atoms with E-state index in [1.54, 1.807) is 26.4 Å². The van der Waals surface area contributed by atoms with Crippen LogP contribution in [0.15, 0.2) is 42.5 Å². The van der Waals surface area contributed by atoms with E-state index in [4.69, 9.17) is 15.2 Å². The Morgan fingerprint density at radius 1 is 1.00 bits per heavy atom. The Balaban J connectivity index is 1.84. The van der Waals surface area contributed by atoms with Crippen molar-refractivity contribution in [2.75, 3.05) is 32.2 Å². The van der Waals surface area contributed by atoms with Crippen LogP contribution in [0.25, 0.3) is 0 Å². The van der Waals surface area contributed by atoms with Gasteiger partial charge in [-0.05, 0) is 48.4 Å². The monoisotopic (exact) mass is 330 g/mol. The molecular weight excluding hydrogens is 307 g/mol. The van der Waals surface area contributed by atoms with Gasteiger partial charge >= 0.3 is 0 Å². The van der Waals surface area contributed by atoms with Crippen molar-refractivity contribution < 1.29 is 13.9 Å². The van der Waals surface area contributed by atoms with Gasteiger partial charge in [0.25, 0.3) is 0 Å². The van der Waals surface area contributed by atoms with Crippen LogP contribution in [-0.2, 0) is 0 Å². The Labute approximate surface area is 142 Å². The minimum atomic E-state index is -0.225. The first-order valence-corrected chi connectivity index (χ1v) is 8.08. The van der Waals surface area contributed by atoms with Gasteiger partial charge in [-0.1, -0.05) is 6.07 Å². The number of hydrogen-bond donors (Lipinski definition) is 1. The molecule has 2 aromatic carbocycles. The summed E-state index contributed by atoms with van der Waals surface area (Å²) < 4.78 is 23.9. The summed E-state index contributed by atoms with van der Waals surface area (Å²) in [6.45, 7) is 1.62. The average molecular weight is 330 g/mol. The molecule has 2 aromatic rings. The predicted molar refractivity (Wildman–Crippen MR) is 93.5 cm³/mol. The first kappa shape index (κ1) is 16.6. The minimum Gasteiger partial charge on any atom is -0.493 e. The molecule has 0 aromatic heterocycles. The third kappa shape index (κ3) is 3.46. The van der Waals surface area contributed by atoms with Crippen LogP contribution < -0.4 is 20.1 Å². The van der Waals surface area contributed by atoms with Gasteiger partial charge in [0.2, 0.25) is 0 Å². The number of anilines is 1. The zero-order valence-corrected chi connectivity index (χ0v) is 14.0. The standard InChI is InChI=1S/C19H23FN2O2/c1-23-18-8-3-13(10-19(18)24-2)14-9-16(21)12-22(11-14)17-6-4-15(20)5-7-17/h3-8,10,14,16H,9,11-12,21H2,1-2H3. The van der Waals surface area contributed by atoms with Gasteiger partial charge in [-0.15, -0.1) is 0 Å². The molecule has 1 aliphatic heterocycles. The molecule has 24 heavy (non-hydrogen) atoms. The van der Waals surface area contributed by atoms with Crippen LogP contribution >= 0.6 is 0 Å². The quantitative estimate of drug-likeness (QED) is 0.935. The molecule has 1 fully saturated rings. The van der Waals surface area contributed by atoms with Gasteiger partial charge in [-0.3, -0.25) is 0 Å². The fraction of sp³-hybridized carbons (Fsp3) is 0.368. The van der Waals surface area contributed by atoms with Crippen molar-refractivity contribution in [3.8, 4) is 11.5 Å². The lowest BCUT2D eigenvalue weighted by Crippen LogP contribution is -2.46. The second kappa shape index (κ2) is 7.09. The molecule has 128 valence electrons. The van der Waals surface area contributed by atoms with Crippen molar-refractivity contribution >= 4 is 5.69 Å². The first-order valence-electron chi connectivity index (χ1n) is 8.08. The molecule has 2 N–H and O–H groups in total. The van der Waals surface area contributed by atoms with E-state index in [2.05, 4.69) is 11.0 Å². The molecule has 4 nitrogen and oxygen atoms in total. The van der Waals surface area contributed by atoms with E-state index in [1.165, 1.54) is 17.7 Å². The third-order valence-electron chi connectivity index (χ3n) is 4.55. The molecule has 0 bridgehead atoms. The van der Waals surface area contributed by atoms with E-state index >= 15 is 0 Å². The minimum absolute atomic E-state index is 0.0712. The van der Waals surface area contributed by atoms with E-state index in [1.807, 2.05) is 12.1 Å². The van der Waals surface area contributed by atoms with Crippen LogP contribution in [0.3, 0.4) is 0 Å². The smallest absolute Gasteiger partial charge is 0.160 e. The summed E-state index contributed by atoms with van der Waals surface area (Å²) in [5.41, 5.74) is 8.45. The summed E-state index contributed by atoms with van der Waals surface area (Å²) in [7, 11) is 3.27. The number of nitrogens with two attached hydrogens (primary N) is 1. The number of halogens is 1. The molecule has 0 saturated carbocycles. The van der Waals surface area contributed by atoms with Gasteiger partial charge in [0.1, 0.15) is 5.82 Å². The van der Waals surface area contributed by atoms with Crippen LogP contribution in [0, 0.1) is 5.82 Å². The van der Waals surface area contributed by atoms with Gasteiger partial charge in [-0.2, -0.15) is 0 Å². The molecule has 0 amide bonds. The molecule has 3 rings (SSSR count). The Bertz CT molecular complexity index is 690. The van der Waals surface area contributed by atoms with E-state index < -0.39 is 0 Å². The van der Waals surface area contributed by atoms with E-state index in [0.29, 0.717) is 5.92 Å². The van der Waals surface area contributed by atoms with Crippen LogP contribution in [0.1, 0.15) is 17.9 Å². The molecular formula is C19H23FN2O2. The zero-order valence-electron chi connectivity index (χ0n) is 14.0. The highest BCUT2D eigenvalue weighted by Gasteiger charge is 2.27. The Kier molecular flexibility index (Phi) is 4.90. The van der Waals surface area contributed by atoms with Crippen molar-refractivity contribution in [1.29, 1.82) is 0 Å². The number of benzene rings is 2. The fourth-order valence-corrected chi connectivity index (χ4v) is 3.35. The van der Waals surface area contributed by atoms with Crippen molar-refractivity contribution in [1.82, 2.24) is 0 Å². The molecule has 0 radical (unpaired) electrons. The van der Waals surface area contributed by atoms with E-state index in [0.717, 1.165) is 36.7 Å². The fourth-order valence-electron chi connectivity index (χ4n) is 3.35. The highest BCUT2D eigenvalue weighted by atomic mass is 19.1. The van der Waals surface area contributed by atoms with Crippen LogP contribution in [0.4, 0.5) is 10.1 Å². The number of ether oxygens (including phenoxy) is 2. The van der Waals surface area contributed by atoms with Crippen LogP contribution in [0.5, 0.6) is 11.5 Å². The normalized spacial score (nSPS) is 20.8. The second-order valence-corrected chi connectivity index (χ2v) is 6.19. The predicted octanol–water partition coefficient (Wildman–Crippen LogP) is 3.16. The maximum atomic E-state index is 13.2. The van der Waals surface area contributed by atoms with Crippen molar-refractivity contribution in [2.24, 2.45) is 5.73 Å². The SMILES string of the molecule is COc1ccc(C2CC(N)CN(c3ccc(F)cc3)C2)cc1OC. The first-order chi connectivity index (χ1) is 11.6. The Hall–Kier alpha value is -2.27. The highest BCUT2D eigenvalue weighted by molar-refractivity contribution is 5.49.